The lowest BCUT2D eigenvalue weighted by molar-refractivity contribution is -0.221. The van der Waals surface area contributed by atoms with E-state index in [4.69, 9.17) is 19.3 Å². The Morgan fingerprint density at radius 1 is 0.821 bits per heavy atom. The van der Waals surface area contributed by atoms with Gasteiger partial charge in [-0.25, -0.2) is 0 Å². The number of carboxylic acid groups (broad SMARTS) is 1. The third-order valence-electron chi connectivity index (χ3n) is 12.6. The van der Waals surface area contributed by atoms with Gasteiger partial charge in [0.2, 0.25) is 18.3 Å². The van der Waals surface area contributed by atoms with Crippen molar-refractivity contribution in [3.63, 3.8) is 0 Å². The van der Waals surface area contributed by atoms with E-state index in [2.05, 4.69) is 43.0 Å². The van der Waals surface area contributed by atoms with Crippen LogP contribution < -0.4 is 0 Å². The minimum atomic E-state index is -2.61. The first-order valence-electron chi connectivity index (χ1n) is 19.1. The SMILES string of the molecule is C=C1C[C@@]2(C)CCC3[C@](C)(C(=O)O)CCC[C@@]3(C)[C@@H]2CC(OC(O)/C(OC(O)C(O)C(O)C(O)CC)=C(\OC(O)/C(O)=C(/O)C(O)CCO)C(O)CCO)C1I. The molecule has 324 valence electrons. The number of ether oxygens (including phenoxy) is 3. The molecule has 0 radical (unpaired) electrons. The molecular formula is C38H63IO17. The molecule has 3 aliphatic rings. The van der Waals surface area contributed by atoms with Gasteiger partial charge in [-0.3, -0.25) is 4.79 Å². The van der Waals surface area contributed by atoms with Gasteiger partial charge >= 0.3 is 5.97 Å². The van der Waals surface area contributed by atoms with Crippen LogP contribution in [-0.2, 0) is 19.0 Å². The van der Waals surface area contributed by atoms with E-state index in [0.717, 1.165) is 12.0 Å². The van der Waals surface area contributed by atoms with E-state index < -0.39 is 125 Å². The lowest BCUT2D eigenvalue weighted by Gasteiger charge is -2.62. The summed E-state index contributed by atoms with van der Waals surface area (Å²) in [4.78, 5) is 12.7. The Bertz CT molecular complexity index is 1410. The Morgan fingerprint density at radius 3 is 2.00 bits per heavy atom. The molecule has 13 N–H and O–H groups in total. The van der Waals surface area contributed by atoms with Crippen molar-refractivity contribution in [2.24, 2.45) is 28.1 Å². The van der Waals surface area contributed by atoms with Crippen molar-refractivity contribution in [3.8, 4) is 0 Å². The van der Waals surface area contributed by atoms with E-state index in [1.54, 1.807) is 6.92 Å². The van der Waals surface area contributed by atoms with Gasteiger partial charge in [0, 0.05) is 26.1 Å². The lowest BCUT2D eigenvalue weighted by Crippen LogP contribution is -2.57. The Balaban J connectivity index is 2.15. The van der Waals surface area contributed by atoms with Crippen molar-refractivity contribution in [1.29, 1.82) is 0 Å². The fourth-order valence-electron chi connectivity index (χ4n) is 9.39. The van der Waals surface area contributed by atoms with Crippen molar-refractivity contribution in [1.82, 2.24) is 0 Å². The molecule has 17 nitrogen and oxygen atoms in total. The number of halogens is 1. The molecule has 0 aromatic carbocycles. The van der Waals surface area contributed by atoms with Crippen molar-refractivity contribution in [2.75, 3.05) is 13.2 Å². The molecule has 3 saturated carbocycles. The number of rotatable bonds is 19. The second kappa shape index (κ2) is 20.0. The highest BCUT2D eigenvalue weighted by Gasteiger charge is 2.62. The zero-order valence-corrected chi connectivity index (χ0v) is 34.6. The molecule has 3 aliphatic carbocycles. The molecule has 0 saturated heterocycles. The first kappa shape index (κ1) is 48.5. The van der Waals surface area contributed by atoms with E-state index in [1.165, 1.54) is 6.92 Å². The summed E-state index contributed by atoms with van der Waals surface area (Å²) >= 11 is 2.13. The first-order valence-corrected chi connectivity index (χ1v) is 20.3. The predicted molar refractivity (Wildman–Crippen MR) is 206 cm³/mol. The molecule has 11 unspecified atom stereocenters. The number of hydrogen-bond donors (Lipinski definition) is 13. The normalized spacial score (nSPS) is 34.8. The van der Waals surface area contributed by atoms with Crippen molar-refractivity contribution < 1.29 is 85.4 Å². The van der Waals surface area contributed by atoms with E-state index in [-0.39, 0.29) is 30.1 Å². The summed E-state index contributed by atoms with van der Waals surface area (Å²) in [6, 6.07) is 0. The molecule has 3 fully saturated rings. The molecule has 0 amide bonds. The van der Waals surface area contributed by atoms with Gasteiger partial charge in [0.25, 0.3) is 6.29 Å². The molecule has 3 rings (SSSR count). The number of carbonyl (C=O) groups is 1. The van der Waals surface area contributed by atoms with E-state index in [0.29, 0.717) is 32.1 Å². The molecule has 0 bridgehead atoms. The standard InChI is InChI=1S/C38H63IO17/c1-6-19(42)26(45)28(47)33(50)56-31(30(21(44)10-15-41)55-32(49)29(48)27(46)20(43)9-14-40)34(51)54-22-16-24-36(3,17-18(2)25(22)39)13-8-23-37(24,4)11-7-12-38(23,5)35(52)53/h19-26,28,32-34,40-51H,2,6-17H2,1,3-5H3,(H,52,53)/b29-27-,31-30+/t19?,20?,21?,22?,23?,24-,25?,26?,28?,32?,33?,34?,36-,37-,38-/m1/s1. The van der Waals surface area contributed by atoms with Gasteiger partial charge in [0.1, 0.15) is 24.4 Å². The molecule has 0 aliphatic heterocycles. The number of aliphatic hydroxyl groups is 12. The highest BCUT2D eigenvalue weighted by molar-refractivity contribution is 14.1. The molecular weight excluding hydrogens is 855 g/mol. The first-order chi connectivity index (χ1) is 26.0. The maximum absolute atomic E-state index is 12.7. The lowest BCUT2D eigenvalue weighted by atomic mass is 9.42. The summed E-state index contributed by atoms with van der Waals surface area (Å²) in [6.07, 6.45) is -14.8. The van der Waals surface area contributed by atoms with Gasteiger partial charge in [-0.05, 0) is 74.5 Å². The van der Waals surface area contributed by atoms with Crippen LogP contribution in [0.15, 0.2) is 35.2 Å². The van der Waals surface area contributed by atoms with Crippen LogP contribution in [0.5, 0.6) is 0 Å². The number of alkyl halides is 1. The monoisotopic (exact) mass is 918 g/mol. The van der Waals surface area contributed by atoms with Crippen LogP contribution in [0, 0.1) is 28.1 Å². The van der Waals surface area contributed by atoms with Crippen LogP contribution in [-0.4, -0.2) is 145 Å². The molecule has 0 spiro atoms. The largest absolute Gasteiger partial charge is 0.506 e. The summed E-state index contributed by atoms with van der Waals surface area (Å²) in [6.45, 7) is 10.5. The zero-order valence-electron chi connectivity index (χ0n) is 32.4. The van der Waals surface area contributed by atoms with Gasteiger partial charge in [-0.2, -0.15) is 0 Å². The number of fused-ring (bicyclic) bond motifs is 3. The smallest absolute Gasteiger partial charge is 0.309 e. The predicted octanol–water partition coefficient (Wildman–Crippen LogP) is 1.35. The Hall–Kier alpha value is -1.82. The third kappa shape index (κ3) is 10.3. The van der Waals surface area contributed by atoms with Crippen LogP contribution in [0.3, 0.4) is 0 Å². The Labute approximate surface area is 340 Å². The average Bonchev–Trinajstić information content (AvgIpc) is 3.24. The molecule has 18 heteroatoms. The van der Waals surface area contributed by atoms with E-state index >= 15 is 0 Å². The summed E-state index contributed by atoms with van der Waals surface area (Å²) in [5.41, 5.74) is -1.00. The third-order valence-corrected chi connectivity index (χ3v) is 14.2. The van der Waals surface area contributed by atoms with Crippen LogP contribution in [0.25, 0.3) is 0 Å². The van der Waals surface area contributed by atoms with Gasteiger partial charge in [-0.1, -0.05) is 61.9 Å². The Kier molecular flexibility index (Phi) is 17.3. The van der Waals surface area contributed by atoms with Gasteiger partial charge in [-0.15, -0.1) is 0 Å². The number of hydrogen-bond acceptors (Lipinski definition) is 16. The highest BCUT2D eigenvalue weighted by Crippen LogP contribution is 2.67. The van der Waals surface area contributed by atoms with Gasteiger partial charge in [0.15, 0.2) is 17.3 Å². The summed E-state index contributed by atoms with van der Waals surface area (Å²) in [5, 5.41) is 136. The number of aliphatic hydroxyl groups excluding tert-OH is 12. The zero-order chi connectivity index (χ0) is 42.5. The highest BCUT2D eigenvalue weighted by atomic mass is 127. The molecule has 15 atom stereocenters. The summed E-state index contributed by atoms with van der Waals surface area (Å²) < 4.78 is 16.6. The average molecular weight is 919 g/mol. The van der Waals surface area contributed by atoms with Crippen LogP contribution in [0.4, 0.5) is 0 Å². The molecule has 0 aromatic rings. The van der Waals surface area contributed by atoms with E-state index in [9.17, 15) is 66.1 Å². The van der Waals surface area contributed by atoms with Crippen molar-refractivity contribution >= 4 is 28.6 Å². The number of carboxylic acids is 1. The van der Waals surface area contributed by atoms with Gasteiger partial charge < -0.3 is 80.6 Å². The maximum atomic E-state index is 12.7. The van der Waals surface area contributed by atoms with Crippen molar-refractivity contribution in [3.05, 3.63) is 35.2 Å². The molecule has 56 heavy (non-hydrogen) atoms. The maximum Gasteiger partial charge on any atom is 0.309 e. The molecule has 0 heterocycles. The van der Waals surface area contributed by atoms with Crippen LogP contribution in [0.1, 0.15) is 91.9 Å². The fourth-order valence-corrected chi connectivity index (χ4v) is 10.1. The number of aliphatic carboxylic acids is 1. The van der Waals surface area contributed by atoms with Crippen LogP contribution in [0.2, 0.25) is 0 Å². The van der Waals surface area contributed by atoms with Crippen LogP contribution >= 0.6 is 22.6 Å². The Morgan fingerprint density at radius 2 is 1.43 bits per heavy atom. The fraction of sp³-hybridized carbons (Fsp3) is 0.816. The quantitative estimate of drug-likeness (QED) is 0.0286. The topological polar surface area (TPSA) is 308 Å². The second-order valence-corrected chi connectivity index (χ2v) is 17.7. The minimum Gasteiger partial charge on any atom is -0.506 e. The minimum absolute atomic E-state index is 0.0551. The van der Waals surface area contributed by atoms with Crippen molar-refractivity contribution in [2.45, 2.75) is 151 Å². The van der Waals surface area contributed by atoms with Gasteiger partial charge in [0.05, 0.1) is 21.5 Å². The molecule has 0 aromatic heterocycles. The van der Waals surface area contributed by atoms with E-state index in [1.807, 2.05) is 0 Å². The second-order valence-electron chi connectivity index (χ2n) is 16.4. The summed E-state index contributed by atoms with van der Waals surface area (Å²) in [7, 11) is 0. The summed E-state index contributed by atoms with van der Waals surface area (Å²) in [5.74, 6) is -5.78.